The molecule has 2 heterocycles. The minimum absolute atomic E-state index is 0.0428. The van der Waals surface area contributed by atoms with Gasteiger partial charge in [-0.2, -0.15) is 18.3 Å². The number of guanidine groups is 1. The first-order valence-corrected chi connectivity index (χ1v) is 11.1. The lowest BCUT2D eigenvalue weighted by Gasteiger charge is -2.44. The number of H-pyrrole nitrogens is 1. The van der Waals surface area contributed by atoms with E-state index in [1.54, 1.807) is 0 Å². The molecule has 34 heavy (non-hydrogen) atoms. The van der Waals surface area contributed by atoms with Crippen molar-refractivity contribution in [2.24, 2.45) is 15.9 Å². The van der Waals surface area contributed by atoms with Gasteiger partial charge in [0.05, 0.1) is 17.8 Å². The molecule has 0 amide bonds. The van der Waals surface area contributed by atoms with Crippen LogP contribution in [0.1, 0.15) is 62.6 Å². The Balaban J connectivity index is 1.70. The Labute approximate surface area is 191 Å². The van der Waals surface area contributed by atoms with Gasteiger partial charge in [0, 0.05) is 31.6 Å². The number of halogens is 7. The van der Waals surface area contributed by atoms with Crippen LogP contribution in [0.15, 0.2) is 16.2 Å². The molecule has 0 spiro atoms. The lowest BCUT2D eigenvalue weighted by atomic mass is 9.81. The molecule has 0 bridgehead atoms. The van der Waals surface area contributed by atoms with Crippen LogP contribution in [0.2, 0.25) is 0 Å². The lowest BCUT2D eigenvalue weighted by molar-refractivity contribution is -0.141. The molecule has 2 saturated carbocycles. The van der Waals surface area contributed by atoms with Crippen molar-refractivity contribution in [2.45, 2.75) is 81.2 Å². The van der Waals surface area contributed by atoms with Gasteiger partial charge in [0.2, 0.25) is 11.8 Å². The van der Waals surface area contributed by atoms with Crippen molar-refractivity contribution in [3.05, 3.63) is 17.5 Å². The van der Waals surface area contributed by atoms with Crippen molar-refractivity contribution in [1.82, 2.24) is 26.1 Å². The van der Waals surface area contributed by atoms with Crippen molar-refractivity contribution in [3.63, 3.8) is 0 Å². The van der Waals surface area contributed by atoms with Crippen LogP contribution >= 0.6 is 0 Å². The van der Waals surface area contributed by atoms with Gasteiger partial charge < -0.3 is 10.6 Å². The third-order valence-corrected chi connectivity index (χ3v) is 6.70. The van der Waals surface area contributed by atoms with Crippen LogP contribution in [0.4, 0.5) is 30.7 Å². The van der Waals surface area contributed by atoms with Crippen molar-refractivity contribution in [1.29, 1.82) is 0 Å². The Morgan fingerprint density at radius 2 is 1.59 bits per heavy atom. The van der Waals surface area contributed by atoms with E-state index in [1.807, 2.05) is 5.10 Å². The summed E-state index contributed by atoms with van der Waals surface area (Å²) in [6.45, 7) is 0. The Morgan fingerprint density at radius 3 is 2.15 bits per heavy atom. The second-order valence-corrected chi connectivity index (χ2v) is 9.08. The van der Waals surface area contributed by atoms with E-state index in [4.69, 9.17) is 0 Å². The molecular weight excluding hydrogens is 471 g/mol. The molecule has 4 N–H and O–H groups in total. The Bertz CT molecular complexity index is 935. The Hall–Kier alpha value is -2.38. The SMILES string of the molecule is CNC1(C2CCC(F)(F)CC2)N=C(c2cn[nH]c2C(F)(F)F)NC(=NC2CCC(F)(F)CC2)N1. The van der Waals surface area contributed by atoms with Crippen LogP contribution in [0, 0.1) is 5.92 Å². The molecule has 0 radical (unpaired) electrons. The van der Waals surface area contributed by atoms with Crippen LogP contribution in [0.25, 0.3) is 0 Å². The topological polar surface area (TPSA) is 89.5 Å². The van der Waals surface area contributed by atoms with Gasteiger partial charge in [0.15, 0.2) is 17.4 Å². The fraction of sp³-hybridized carbons (Fsp3) is 0.750. The summed E-state index contributed by atoms with van der Waals surface area (Å²) >= 11 is 0. The number of aliphatic imine (C=N–C) groups is 2. The summed E-state index contributed by atoms with van der Waals surface area (Å²) in [5, 5.41) is 14.1. The minimum atomic E-state index is -4.75. The van der Waals surface area contributed by atoms with Gasteiger partial charge in [0.1, 0.15) is 5.84 Å². The largest absolute Gasteiger partial charge is 0.433 e. The van der Waals surface area contributed by atoms with E-state index in [2.05, 4.69) is 31.0 Å². The minimum Gasteiger partial charge on any atom is -0.319 e. The van der Waals surface area contributed by atoms with Crippen molar-refractivity contribution >= 4 is 11.8 Å². The maximum Gasteiger partial charge on any atom is 0.433 e. The first-order valence-electron chi connectivity index (χ1n) is 11.1. The van der Waals surface area contributed by atoms with E-state index in [1.165, 1.54) is 7.05 Å². The number of rotatable bonds is 4. The molecule has 7 nitrogen and oxygen atoms in total. The van der Waals surface area contributed by atoms with Gasteiger partial charge in [-0.3, -0.25) is 10.4 Å². The number of hydrogen-bond acceptors (Lipinski definition) is 4. The van der Waals surface area contributed by atoms with E-state index in [0.29, 0.717) is 0 Å². The first kappa shape index (κ1) is 24.7. The number of hydrogen-bond donors (Lipinski definition) is 4. The third kappa shape index (κ3) is 5.15. The molecule has 1 aromatic rings. The Kier molecular flexibility index (Phi) is 6.32. The average molecular weight is 497 g/mol. The third-order valence-electron chi connectivity index (χ3n) is 6.70. The number of amidine groups is 1. The smallest absolute Gasteiger partial charge is 0.319 e. The fourth-order valence-corrected chi connectivity index (χ4v) is 4.74. The molecule has 1 aromatic heterocycles. The van der Waals surface area contributed by atoms with Crippen LogP contribution in [-0.4, -0.2) is 52.7 Å². The number of nitrogens with one attached hydrogen (secondary N) is 4. The standard InChI is InChI=1S/C20H26F7N7/c1-28-20(11-2-6-17(21,22)7-3-11)32-15(13-10-29-34-14(13)19(25,26)27)31-16(33-20)30-12-4-8-18(23,24)9-5-12/h10-12,28H,2-9H2,1H3,(H,29,34)(H2,30,31,32,33). The summed E-state index contributed by atoms with van der Waals surface area (Å²) in [6, 6.07) is -0.481. The lowest BCUT2D eigenvalue weighted by Crippen LogP contribution is -2.68. The zero-order valence-electron chi connectivity index (χ0n) is 18.4. The zero-order valence-corrected chi connectivity index (χ0v) is 18.4. The van der Waals surface area contributed by atoms with Gasteiger partial charge in [-0.15, -0.1) is 0 Å². The zero-order chi connectivity index (χ0) is 24.8. The summed E-state index contributed by atoms with van der Waals surface area (Å²) < 4.78 is 95.3. The molecule has 3 aliphatic rings. The van der Waals surface area contributed by atoms with Crippen molar-refractivity contribution in [2.75, 3.05) is 7.05 Å². The molecule has 14 heteroatoms. The van der Waals surface area contributed by atoms with Gasteiger partial charge in [0.25, 0.3) is 0 Å². The van der Waals surface area contributed by atoms with E-state index < -0.39 is 41.5 Å². The monoisotopic (exact) mass is 497 g/mol. The van der Waals surface area contributed by atoms with Gasteiger partial charge in [-0.05, 0) is 32.7 Å². The van der Waals surface area contributed by atoms with Gasteiger partial charge in [-0.25, -0.2) is 27.5 Å². The Morgan fingerprint density at radius 1 is 1.00 bits per heavy atom. The maximum atomic E-state index is 13.8. The van der Waals surface area contributed by atoms with Crippen molar-refractivity contribution < 1.29 is 30.7 Å². The summed E-state index contributed by atoms with van der Waals surface area (Å²) in [4.78, 5) is 8.92. The first-order chi connectivity index (χ1) is 15.8. The average Bonchev–Trinajstić information content (AvgIpc) is 3.26. The van der Waals surface area contributed by atoms with E-state index in [0.717, 1.165) is 6.20 Å². The quantitative estimate of drug-likeness (QED) is 0.474. The number of aromatic nitrogens is 2. The van der Waals surface area contributed by atoms with Crippen LogP contribution in [0.3, 0.4) is 0 Å². The predicted octanol–water partition coefficient (Wildman–Crippen LogP) is 4.00. The molecule has 190 valence electrons. The van der Waals surface area contributed by atoms with E-state index in [-0.39, 0.29) is 68.7 Å². The molecular formula is C20H26F7N7. The number of alkyl halides is 7. The fourth-order valence-electron chi connectivity index (χ4n) is 4.74. The predicted molar refractivity (Wildman–Crippen MR) is 110 cm³/mol. The van der Waals surface area contributed by atoms with Gasteiger partial charge in [-0.1, -0.05) is 0 Å². The molecule has 4 rings (SSSR count). The van der Waals surface area contributed by atoms with Crippen molar-refractivity contribution in [3.8, 4) is 0 Å². The molecule has 0 aromatic carbocycles. The molecule has 1 unspecified atom stereocenters. The van der Waals surface area contributed by atoms with Crippen LogP contribution in [0.5, 0.6) is 0 Å². The summed E-state index contributed by atoms with van der Waals surface area (Å²) in [6.07, 6.45) is -4.89. The van der Waals surface area contributed by atoms with Crippen LogP contribution < -0.4 is 16.0 Å². The number of nitrogens with zero attached hydrogens (tertiary/aromatic N) is 3. The van der Waals surface area contributed by atoms with E-state index >= 15 is 0 Å². The molecule has 2 fully saturated rings. The molecule has 1 atom stereocenters. The normalized spacial score (nSPS) is 29.4. The summed E-state index contributed by atoms with van der Waals surface area (Å²) in [5.74, 6) is -7.65. The second-order valence-electron chi connectivity index (χ2n) is 9.08. The van der Waals surface area contributed by atoms with Gasteiger partial charge >= 0.3 is 6.18 Å². The summed E-state index contributed by atoms with van der Waals surface area (Å²) in [7, 11) is 1.52. The number of aromatic amines is 1. The highest BCUT2D eigenvalue weighted by Crippen LogP contribution is 2.41. The molecule has 1 aliphatic heterocycles. The maximum absolute atomic E-state index is 13.8. The highest BCUT2D eigenvalue weighted by Gasteiger charge is 2.48. The second kappa shape index (κ2) is 8.68. The highest BCUT2D eigenvalue weighted by molar-refractivity contribution is 6.11. The summed E-state index contributed by atoms with van der Waals surface area (Å²) in [5.41, 5.74) is -1.49. The molecule has 0 saturated heterocycles. The van der Waals surface area contributed by atoms with Crippen LogP contribution in [-0.2, 0) is 6.18 Å². The van der Waals surface area contributed by atoms with E-state index in [9.17, 15) is 30.7 Å². The molecule has 2 aliphatic carbocycles. The highest BCUT2D eigenvalue weighted by atomic mass is 19.4.